The molecule has 20 heavy (non-hydrogen) atoms. The van der Waals surface area contributed by atoms with Crippen molar-refractivity contribution in [2.45, 2.75) is 25.6 Å². The van der Waals surface area contributed by atoms with E-state index in [0.29, 0.717) is 12.1 Å². The third kappa shape index (κ3) is 3.16. The Morgan fingerprint density at radius 3 is 2.55 bits per heavy atom. The van der Waals surface area contributed by atoms with Gasteiger partial charge in [-0.15, -0.1) is 5.10 Å². The molecule has 1 aromatic carbocycles. The Morgan fingerprint density at radius 2 is 1.95 bits per heavy atom. The first kappa shape index (κ1) is 14.5. The molecule has 0 spiro atoms. The minimum Gasteiger partial charge on any atom is -0.301 e. The van der Waals surface area contributed by atoms with Crippen molar-refractivity contribution in [3.05, 3.63) is 42.2 Å². The quantitative estimate of drug-likeness (QED) is 0.918. The minimum atomic E-state index is -4.40. The second kappa shape index (κ2) is 6.04. The molecule has 0 aliphatic carbocycles. The van der Waals surface area contributed by atoms with Crippen molar-refractivity contribution in [2.75, 3.05) is 6.54 Å². The lowest BCUT2D eigenvalue weighted by Gasteiger charge is -2.21. The summed E-state index contributed by atoms with van der Waals surface area (Å²) in [5, 5.41) is 9.87. The molecule has 1 aromatic heterocycles. The molecule has 108 valence electrons. The molecule has 2 aromatic rings. The van der Waals surface area contributed by atoms with Crippen molar-refractivity contribution in [2.24, 2.45) is 0 Å². The fourth-order valence-electron chi connectivity index (χ4n) is 1.89. The Kier molecular flexibility index (Phi) is 4.39. The van der Waals surface area contributed by atoms with Gasteiger partial charge in [-0.05, 0) is 25.1 Å². The fraction of sp³-hybridized carbons (Fsp3) is 0.385. The zero-order valence-electron chi connectivity index (χ0n) is 10.9. The summed E-state index contributed by atoms with van der Waals surface area (Å²) in [6.07, 6.45) is -2.64. The van der Waals surface area contributed by atoms with E-state index < -0.39 is 12.2 Å². The first-order valence-corrected chi connectivity index (χ1v) is 6.30. The summed E-state index contributed by atoms with van der Waals surface area (Å²) in [5.74, 6) is 0. The van der Waals surface area contributed by atoms with E-state index in [0.717, 1.165) is 6.20 Å². The van der Waals surface area contributed by atoms with Crippen LogP contribution in [0.25, 0.3) is 5.69 Å². The van der Waals surface area contributed by atoms with E-state index in [4.69, 9.17) is 0 Å². The maximum Gasteiger partial charge on any atom is 0.409 e. The third-order valence-electron chi connectivity index (χ3n) is 2.80. The van der Waals surface area contributed by atoms with E-state index in [1.807, 2.05) is 6.92 Å². The molecule has 0 bridgehead atoms. The monoisotopic (exact) mass is 284 g/mol. The second-order valence-corrected chi connectivity index (χ2v) is 4.33. The molecule has 0 aliphatic heterocycles. The number of alkyl halides is 3. The number of aromatic nitrogens is 3. The van der Waals surface area contributed by atoms with Crippen molar-refractivity contribution in [1.29, 1.82) is 0 Å². The van der Waals surface area contributed by atoms with Gasteiger partial charge in [-0.3, -0.25) is 0 Å². The molecule has 7 heteroatoms. The molecule has 0 amide bonds. The summed E-state index contributed by atoms with van der Waals surface area (Å²) in [6.45, 7) is 2.08. The summed E-state index contributed by atoms with van der Waals surface area (Å²) < 4.78 is 40.7. The average molecular weight is 284 g/mol. The lowest BCUT2D eigenvalue weighted by atomic mass is 10.2. The van der Waals surface area contributed by atoms with Gasteiger partial charge < -0.3 is 5.32 Å². The molecular formula is C13H15F3N4. The summed E-state index contributed by atoms with van der Waals surface area (Å²) in [4.78, 5) is 0. The van der Waals surface area contributed by atoms with E-state index in [9.17, 15) is 13.2 Å². The SMILES string of the molecule is CCCNC(c1cnnn1-c1ccccc1)C(F)(F)F. The van der Waals surface area contributed by atoms with Gasteiger partial charge in [-0.1, -0.05) is 30.3 Å². The molecule has 0 aliphatic rings. The number of rotatable bonds is 5. The molecule has 0 fully saturated rings. The van der Waals surface area contributed by atoms with Gasteiger partial charge in [0.05, 0.1) is 17.6 Å². The number of hydrogen-bond acceptors (Lipinski definition) is 3. The minimum absolute atomic E-state index is 0.0165. The van der Waals surface area contributed by atoms with E-state index in [2.05, 4.69) is 15.6 Å². The molecule has 0 saturated carbocycles. The van der Waals surface area contributed by atoms with Crippen LogP contribution in [-0.4, -0.2) is 27.7 Å². The second-order valence-electron chi connectivity index (χ2n) is 4.33. The van der Waals surface area contributed by atoms with Crippen molar-refractivity contribution in [3.8, 4) is 5.69 Å². The largest absolute Gasteiger partial charge is 0.409 e. The van der Waals surface area contributed by atoms with Gasteiger partial charge in [0.25, 0.3) is 0 Å². The molecule has 0 saturated heterocycles. The van der Waals surface area contributed by atoms with Crippen LogP contribution in [0.1, 0.15) is 25.1 Å². The van der Waals surface area contributed by atoms with Crippen molar-refractivity contribution in [1.82, 2.24) is 20.3 Å². The summed E-state index contributed by atoms with van der Waals surface area (Å²) in [6, 6.07) is 6.86. The lowest BCUT2D eigenvalue weighted by molar-refractivity contribution is -0.158. The van der Waals surface area contributed by atoms with Gasteiger partial charge >= 0.3 is 6.18 Å². The Labute approximate surface area is 114 Å². The van der Waals surface area contributed by atoms with E-state index in [1.165, 1.54) is 4.68 Å². The van der Waals surface area contributed by atoms with E-state index in [1.54, 1.807) is 30.3 Å². The topological polar surface area (TPSA) is 42.7 Å². The highest BCUT2D eigenvalue weighted by Gasteiger charge is 2.42. The van der Waals surface area contributed by atoms with Crippen molar-refractivity contribution < 1.29 is 13.2 Å². The van der Waals surface area contributed by atoms with Crippen molar-refractivity contribution in [3.63, 3.8) is 0 Å². The Bertz CT molecular complexity index is 536. The fourth-order valence-corrected chi connectivity index (χ4v) is 1.89. The lowest BCUT2D eigenvalue weighted by Crippen LogP contribution is -2.36. The Hall–Kier alpha value is -1.89. The standard InChI is InChI=1S/C13H15F3N4/c1-2-8-17-12(13(14,15)16)11-9-18-19-20(11)10-6-4-3-5-7-10/h3-7,9,12,17H,2,8H2,1H3. The van der Waals surface area contributed by atoms with Crippen molar-refractivity contribution >= 4 is 0 Å². The van der Waals surface area contributed by atoms with Crippen LogP contribution in [0.5, 0.6) is 0 Å². The van der Waals surface area contributed by atoms with Crippen LogP contribution in [0.3, 0.4) is 0 Å². The summed E-state index contributed by atoms with van der Waals surface area (Å²) in [5.41, 5.74) is 0.532. The normalized spacial score (nSPS) is 13.4. The highest BCUT2D eigenvalue weighted by atomic mass is 19.4. The highest BCUT2D eigenvalue weighted by Crippen LogP contribution is 2.33. The smallest absolute Gasteiger partial charge is 0.301 e. The highest BCUT2D eigenvalue weighted by molar-refractivity contribution is 5.32. The van der Waals surface area contributed by atoms with Gasteiger partial charge in [-0.2, -0.15) is 13.2 Å². The molecule has 2 rings (SSSR count). The van der Waals surface area contributed by atoms with Crippen LogP contribution >= 0.6 is 0 Å². The summed E-state index contributed by atoms with van der Waals surface area (Å²) in [7, 11) is 0. The third-order valence-corrected chi connectivity index (χ3v) is 2.80. The summed E-state index contributed by atoms with van der Waals surface area (Å²) >= 11 is 0. The maximum absolute atomic E-state index is 13.2. The Balaban J connectivity index is 2.38. The number of benzene rings is 1. The van der Waals surface area contributed by atoms with Crippen LogP contribution in [0.4, 0.5) is 13.2 Å². The average Bonchev–Trinajstić information content (AvgIpc) is 2.88. The van der Waals surface area contributed by atoms with E-state index >= 15 is 0 Å². The molecule has 1 N–H and O–H groups in total. The number of hydrogen-bond donors (Lipinski definition) is 1. The molecule has 4 nitrogen and oxygen atoms in total. The molecule has 1 unspecified atom stereocenters. The zero-order chi connectivity index (χ0) is 14.6. The first-order chi connectivity index (χ1) is 9.54. The first-order valence-electron chi connectivity index (χ1n) is 6.30. The van der Waals surface area contributed by atoms with E-state index in [-0.39, 0.29) is 12.2 Å². The molecule has 1 atom stereocenters. The molecule has 1 heterocycles. The number of para-hydroxylation sites is 1. The number of halogens is 3. The number of nitrogens with one attached hydrogen (secondary N) is 1. The maximum atomic E-state index is 13.2. The zero-order valence-corrected chi connectivity index (χ0v) is 10.9. The van der Waals surface area contributed by atoms with Crippen LogP contribution in [0, 0.1) is 0 Å². The molecule has 0 radical (unpaired) electrons. The van der Waals surface area contributed by atoms with Gasteiger partial charge in [0.15, 0.2) is 0 Å². The predicted octanol–water partition coefficient (Wildman–Crippen LogP) is 2.87. The van der Waals surface area contributed by atoms with Gasteiger partial charge in [0.2, 0.25) is 0 Å². The van der Waals surface area contributed by atoms with Gasteiger partial charge in [0, 0.05) is 0 Å². The van der Waals surface area contributed by atoms with Crippen LogP contribution in [0.2, 0.25) is 0 Å². The Morgan fingerprint density at radius 1 is 1.25 bits per heavy atom. The predicted molar refractivity (Wildman–Crippen MR) is 68.4 cm³/mol. The van der Waals surface area contributed by atoms with Gasteiger partial charge in [0.1, 0.15) is 6.04 Å². The van der Waals surface area contributed by atoms with Crippen LogP contribution in [0.15, 0.2) is 36.5 Å². The van der Waals surface area contributed by atoms with Gasteiger partial charge in [-0.25, -0.2) is 4.68 Å². The van der Waals surface area contributed by atoms with Crippen LogP contribution in [-0.2, 0) is 0 Å². The van der Waals surface area contributed by atoms with Crippen LogP contribution < -0.4 is 5.32 Å². The number of nitrogens with zero attached hydrogens (tertiary/aromatic N) is 3. The molecular weight excluding hydrogens is 269 g/mol.